The van der Waals surface area contributed by atoms with Gasteiger partial charge < -0.3 is 14.2 Å². The van der Waals surface area contributed by atoms with Gasteiger partial charge in [0.05, 0.1) is 13.7 Å². The van der Waals surface area contributed by atoms with Crippen LogP contribution < -0.4 is 4.74 Å². The molecule has 0 aliphatic heterocycles. The molecule has 0 saturated heterocycles. The van der Waals surface area contributed by atoms with Crippen LogP contribution in [0.25, 0.3) is 11.3 Å². The van der Waals surface area contributed by atoms with E-state index >= 15 is 0 Å². The van der Waals surface area contributed by atoms with E-state index in [1.807, 2.05) is 65.6 Å². The molecule has 0 spiro atoms. The average Bonchev–Trinajstić information content (AvgIpc) is 3.16. The van der Waals surface area contributed by atoms with E-state index in [2.05, 4.69) is 19.0 Å². The van der Waals surface area contributed by atoms with Crippen molar-refractivity contribution in [3.63, 3.8) is 0 Å². The molecule has 3 aromatic rings. The molecule has 0 unspecified atom stereocenters. The number of hydrogen-bond acceptors (Lipinski definition) is 4. The van der Waals surface area contributed by atoms with Crippen molar-refractivity contribution in [3.8, 4) is 17.1 Å². The van der Waals surface area contributed by atoms with Gasteiger partial charge in [-0.3, -0.25) is 4.79 Å². The van der Waals surface area contributed by atoms with Gasteiger partial charge in [0.25, 0.3) is 5.91 Å². The fourth-order valence-electron chi connectivity index (χ4n) is 2.92. The first-order valence-corrected chi connectivity index (χ1v) is 9.01. The van der Waals surface area contributed by atoms with Crippen LogP contribution in [0.5, 0.6) is 5.75 Å². The molecule has 0 aliphatic carbocycles. The fourth-order valence-corrected chi connectivity index (χ4v) is 2.92. The highest BCUT2D eigenvalue weighted by Gasteiger charge is 2.19. The Morgan fingerprint density at radius 2 is 1.89 bits per heavy atom. The second-order valence-electron chi connectivity index (χ2n) is 6.86. The average molecular weight is 364 g/mol. The van der Waals surface area contributed by atoms with Gasteiger partial charge in [-0.15, -0.1) is 0 Å². The minimum atomic E-state index is -0.00442. The van der Waals surface area contributed by atoms with E-state index in [0.29, 0.717) is 30.3 Å². The van der Waals surface area contributed by atoms with Crippen LogP contribution in [0, 0.1) is 5.92 Å². The van der Waals surface area contributed by atoms with Gasteiger partial charge in [0.1, 0.15) is 11.4 Å². The Hall–Kier alpha value is -3.08. The Morgan fingerprint density at radius 3 is 2.59 bits per heavy atom. The Kier molecular flexibility index (Phi) is 5.91. The lowest BCUT2D eigenvalue weighted by molar-refractivity contribution is 0.0719. The summed E-state index contributed by atoms with van der Waals surface area (Å²) in [5.41, 5.74) is 2.28. The second-order valence-corrected chi connectivity index (χ2v) is 6.86. The van der Waals surface area contributed by atoms with Crippen LogP contribution in [0.15, 0.2) is 65.2 Å². The SMILES string of the molecule is COc1cccc(-c2cc(CN(CC(C)C)C(=O)c3ccccc3)no2)c1. The quantitative estimate of drug-likeness (QED) is 0.612. The zero-order valence-electron chi connectivity index (χ0n) is 15.9. The van der Waals surface area contributed by atoms with E-state index in [-0.39, 0.29) is 5.91 Å². The molecule has 1 amide bonds. The van der Waals surface area contributed by atoms with Crippen LogP contribution in [-0.4, -0.2) is 29.6 Å². The van der Waals surface area contributed by atoms with Crippen molar-refractivity contribution >= 4 is 5.91 Å². The van der Waals surface area contributed by atoms with Gasteiger partial charge in [-0.25, -0.2) is 0 Å². The smallest absolute Gasteiger partial charge is 0.254 e. The van der Waals surface area contributed by atoms with Gasteiger partial charge in [0, 0.05) is 23.7 Å². The molecule has 2 aromatic carbocycles. The maximum atomic E-state index is 12.9. The van der Waals surface area contributed by atoms with Crippen molar-refractivity contribution in [1.82, 2.24) is 10.1 Å². The highest BCUT2D eigenvalue weighted by molar-refractivity contribution is 5.94. The van der Waals surface area contributed by atoms with Crippen LogP contribution in [0.3, 0.4) is 0 Å². The van der Waals surface area contributed by atoms with E-state index in [1.54, 1.807) is 7.11 Å². The lowest BCUT2D eigenvalue weighted by Gasteiger charge is -2.23. The normalized spacial score (nSPS) is 10.8. The minimum Gasteiger partial charge on any atom is -0.497 e. The summed E-state index contributed by atoms with van der Waals surface area (Å²) in [5, 5.41) is 4.16. The second kappa shape index (κ2) is 8.54. The van der Waals surface area contributed by atoms with Crippen LogP contribution in [0.4, 0.5) is 0 Å². The number of hydrogen-bond donors (Lipinski definition) is 0. The molecule has 0 fully saturated rings. The van der Waals surface area contributed by atoms with Gasteiger partial charge >= 0.3 is 0 Å². The number of carbonyl (C=O) groups is 1. The monoisotopic (exact) mass is 364 g/mol. The maximum Gasteiger partial charge on any atom is 0.254 e. The first-order chi connectivity index (χ1) is 13.1. The molecule has 0 radical (unpaired) electrons. The standard InChI is InChI=1S/C22H24N2O3/c1-16(2)14-24(22(25)17-8-5-4-6-9-17)15-19-13-21(27-23-19)18-10-7-11-20(12-18)26-3/h4-13,16H,14-15H2,1-3H3. The van der Waals surface area contributed by atoms with Crippen LogP contribution in [0.2, 0.25) is 0 Å². The van der Waals surface area contributed by atoms with E-state index in [4.69, 9.17) is 9.26 Å². The number of ether oxygens (including phenoxy) is 1. The predicted octanol–water partition coefficient (Wildman–Crippen LogP) is 4.65. The molecule has 1 heterocycles. The molecule has 0 bridgehead atoms. The van der Waals surface area contributed by atoms with Gasteiger partial charge in [0.15, 0.2) is 5.76 Å². The lowest BCUT2D eigenvalue weighted by atomic mass is 10.1. The summed E-state index contributed by atoms with van der Waals surface area (Å²) < 4.78 is 10.8. The summed E-state index contributed by atoms with van der Waals surface area (Å²) in [6, 6.07) is 18.8. The van der Waals surface area contributed by atoms with Crippen LogP contribution in [0.1, 0.15) is 29.9 Å². The molecule has 0 atom stereocenters. The zero-order valence-corrected chi connectivity index (χ0v) is 15.9. The molecule has 27 heavy (non-hydrogen) atoms. The van der Waals surface area contributed by atoms with Gasteiger partial charge in [-0.1, -0.05) is 49.3 Å². The van der Waals surface area contributed by atoms with E-state index < -0.39 is 0 Å². The summed E-state index contributed by atoms with van der Waals surface area (Å²) in [6.45, 7) is 5.24. The number of rotatable bonds is 7. The van der Waals surface area contributed by atoms with Gasteiger partial charge in [0.2, 0.25) is 0 Å². The van der Waals surface area contributed by atoms with Crippen molar-refractivity contribution in [1.29, 1.82) is 0 Å². The Bertz CT molecular complexity index is 887. The summed E-state index contributed by atoms with van der Waals surface area (Å²) in [4.78, 5) is 14.7. The maximum absolute atomic E-state index is 12.9. The highest BCUT2D eigenvalue weighted by atomic mass is 16.5. The Labute approximate surface area is 159 Å². The van der Waals surface area contributed by atoms with Crippen molar-refractivity contribution < 1.29 is 14.1 Å². The molecule has 0 aliphatic rings. The molecular formula is C22H24N2O3. The number of aromatic nitrogens is 1. The van der Waals surface area contributed by atoms with E-state index in [9.17, 15) is 4.79 Å². The largest absolute Gasteiger partial charge is 0.497 e. The van der Waals surface area contributed by atoms with E-state index in [0.717, 1.165) is 17.0 Å². The molecule has 3 rings (SSSR count). The van der Waals surface area contributed by atoms with Crippen LogP contribution in [-0.2, 0) is 6.54 Å². The molecular weight excluding hydrogens is 340 g/mol. The van der Waals surface area contributed by atoms with E-state index in [1.165, 1.54) is 0 Å². The number of amides is 1. The fraction of sp³-hybridized carbons (Fsp3) is 0.273. The number of nitrogens with zero attached hydrogens (tertiary/aromatic N) is 2. The summed E-state index contributed by atoms with van der Waals surface area (Å²) in [5.74, 6) is 1.75. The third-order valence-corrected chi connectivity index (χ3v) is 4.16. The summed E-state index contributed by atoms with van der Waals surface area (Å²) >= 11 is 0. The van der Waals surface area contributed by atoms with Crippen molar-refractivity contribution in [2.75, 3.05) is 13.7 Å². The topological polar surface area (TPSA) is 55.6 Å². The summed E-state index contributed by atoms with van der Waals surface area (Å²) in [7, 11) is 1.63. The highest BCUT2D eigenvalue weighted by Crippen LogP contribution is 2.25. The molecule has 1 aromatic heterocycles. The first kappa shape index (κ1) is 18.7. The number of benzene rings is 2. The zero-order chi connectivity index (χ0) is 19.2. The third-order valence-electron chi connectivity index (χ3n) is 4.16. The van der Waals surface area contributed by atoms with Crippen molar-refractivity contribution in [2.24, 2.45) is 5.92 Å². The summed E-state index contributed by atoms with van der Waals surface area (Å²) in [6.07, 6.45) is 0. The van der Waals surface area contributed by atoms with Crippen molar-refractivity contribution in [2.45, 2.75) is 20.4 Å². The van der Waals surface area contributed by atoms with Crippen molar-refractivity contribution in [3.05, 3.63) is 71.9 Å². The predicted molar refractivity (Wildman–Crippen MR) is 105 cm³/mol. The van der Waals surface area contributed by atoms with Gasteiger partial charge in [-0.05, 0) is 30.2 Å². The molecule has 5 heteroatoms. The Balaban J connectivity index is 1.80. The third kappa shape index (κ3) is 4.76. The molecule has 0 saturated carbocycles. The first-order valence-electron chi connectivity index (χ1n) is 9.01. The minimum absolute atomic E-state index is 0.00442. The van der Waals surface area contributed by atoms with Crippen LogP contribution >= 0.6 is 0 Å². The Morgan fingerprint density at radius 1 is 1.11 bits per heavy atom. The van der Waals surface area contributed by atoms with Gasteiger partial charge in [-0.2, -0.15) is 0 Å². The molecule has 0 N–H and O–H groups in total. The lowest BCUT2D eigenvalue weighted by Crippen LogP contribution is -2.33. The number of methoxy groups -OCH3 is 1. The molecule has 140 valence electrons. The number of carbonyl (C=O) groups excluding carboxylic acids is 1. The molecule has 5 nitrogen and oxygen atoms in total.